The minimum Gasteiger partial charge on any atom is -0.461 e. The summed E-state index contributed by atoms with van der Waals surface area (Å²) in [6.07, 6.45) is 1.47. The zero-order valence-corrected chi connectivity index (χ0v) is 25.6. The summed E-state index contributed by atoms with van der Waals surface area (Å²) in [6.45, 7) is 5.88. The first-order valence-corrected chi connectivity index (χ1v) is 15.5. The van der Waals surface area contributed by atoms with Gasteiger partial charge >= 0.3 is 12.2 Å². The van der Waals surface area contributed by atoms with Gasteiger partial charge in [0.15, 0.2) is 0 Å². The number of nitrogens with zero attached hydrogens (tertiary/aromatic N) is 7. The number of likely N-dealkylation sites (tertiary alicyclic amines) is 1. The number of alkyl halides is 5. The van der Waals surface area contributed by atoms with Crippen LogP contribution in [0.25, 0.3) is 0 Å². The van der Waals surface area contributed by atoms with Crippen LogP contribution in [0.4, 0.5) is 33.5 Å². The van der Waals surface area contributed by atoms with Crippen molar-refractivity contribution in [3.05, 3.63) is 52.9 Å². The molecule has 1 saturated carbocycles. The maximum atomic E-state index is 14.1. The van der Waals surface area contributed by atoms with Crippen molar-refractivity contribution < 1.29 is 26.7 Å². The van der Waals surface area contributed by atoms with E-state index in [1.54, 1.807) is 15.9 Å². The molecule has 3 fully saturated rings. The van der Waals surface area contributed by atoms with Crippen LogP contribution in [0.1, 0.15) is 55.0 Å². The molecule has 1 aromatic heterocycles. The molecule has 0 radical (unpaired) electrons. The number of hydrogen-bond acceptors (Lipinski definition) is 8. The Morgan fingerprint density at radius 3 is 2.56 bits per heavy atom. The van der Waals surface area contributed by atoms with E-state index in [-0.39, 0.29) is 49.4 Å². The van der Waals surface area contributed by atoms with Crippen LogP contribution in [0.15, 0.2) is 30.5 Å². The third-order valence-electron chi connectivity index (χ3n) is 9.53. The number of rotatable bonds is 8. The summed E-state index contributed by atoms with van der Waals surface area (Å²) < 4.78 is 76.7. The van der Waals surface area contributed by atoms with Gasteiger partial charge in [0, 0.05) is 50.4 Å². The standard InChI is InChI=1S/C32H38F5N7O/c1-3-13-41-16-17-43(18-23(41)7-12-38)28-24-8-14-42(26-6-4-5-22(2)27(26)32(35,36)37)19-25(24)39-29(40-28)45-21-30(9-10-30)44-15-11-31(33,34)20-44/h3-6,13,23H,7-11,14-21H2,1-2H3/t23-/m0/s1. The number of aryl methyl sites for hydroxylation is 1. The molecular formula is C32H38F5N7O. The molecule has 3 aliphatic heterocycles. The Labute approximate surface area is 260 Å². The van der Waals surface area contributed by atoms with Crippen molar-refractivity contribution in [2.75, 3.05) is 55.7 Å². The van der Waals surface area contributed by atoms with Crippen molar-refractivity contribution in [3.63, 3.8) is 0 Å². The number of halogens is 5. The van der Waals surface area contributed by atoms with Crippen LogP contribution >= 0.6 is 0 Å². The predicted molar refractivity (Wildman–Crippen MR) is 159 cm³/mol. The Bertz CT molecular complexity index is 1490. The number of fused-ring (bicyclic) bond motifs is 1. The lowest BCUT2D eigenvalue weighted by Crippen LogP contribution is -2.51. The van der Waals surface area contributed by atoms with E-state index in [9.17, 15) is 27.2 Å². The zero-order chi connectivity index (χ0) is 32.0. The van der Waals surface area contributed by atoms with E-state index in [0.717, 1.165) is 18.4 Å². The maximum absolute atomic E-state index is 14.1. The van der Waals surface area contributed by atoms with Gasteiger partial charge in [-0.15, -0.1) is 0 Å². The zero-order valence-electron chi connectivity index (χ0n) is 25.6. The second-order valence-corrected chi connectivity index (χ2v) is 12.6. The molecule has 13 heteroatoms. The highest BCUT2D eigenvalue weighted by molar-refractivity contribution is 5.61. The van der Waals surface area contributed by atoms with Crippen LogP contribution in [0.5, 0.6) is 6.01 Å². The largest absolute Gasteiger partial charge is 0.461 e. The minimum absolute atomic E-state index is 0.0665. The highest BCUT2D eigenvalue weighted by Gasteiger charge is 2.54. The highest BCUT2D eigenvalue weighted by atomic mass is 19.4. The first kappa shape index (κ1) is 31.3. The van der Waals surface area contributed by atoms with Gasteiger partial charge in [-0.25, -0.2) is 8.78 Å². The molecular weight excluding hydrogens is 593 g/mol. The number of nitriles is 1. The molecule has 4 aliphatic rings. The summed E-state index contributed by atoms with van der Waals surface area (Å²) in [5.74, 6) is -2.05. The lowest BCUT2D eigenvalue weighted by Gasteiger charge is -2.42. The van der Waals surface area contributed by atoms with Crippen molar-refractivity contribution in [2.45, 2.75) is 76.2 Å². The van der Waals surface area contributed by atoms with Gasteiger partial charge in [0.25, 0.3) is 5.92 Å². The molecule has 1 aromatic carbocycles. The Kier molecular flexibility index (Phi) is 8.31. The van der Waals surface area contributed by atoms with E-state index in [2.05, 4.69) is 15.9 Å². The minimum atomic E-state index is -4.51. The number of benzene rings is 1. The van der Waals surface area contributed by atoms with Crippen molar-refractivity contribution in [2.24, 2.45) is 0 Å². The van der Waals surface area contributed by atoms with Crippen LogP contribution < -0.4 is 14.5 Å². The highest BCUT2D eigenvalue weighted by Crippen LogP contribution is 2.46. The molecule has 2 saturated heterocycles. The first-order valence-electron chi connectivity index (χ1n) is 15.5. The van der Waals surface area contributed by atoms with E-state index < -0.39 is 23.2 Å². The molecule has 242 valence electrons. The summed E-state index contributed by atoms with van der Waals surface area (Å²) in [5, 5.41) is 9.51. The number of hydrogen-bond donors (Lipinski definition) is 0. The molecule has 0 N–H and O–H groups in total. The molecule has 0 unspecified atom stereocenters. The third-order valence-corrected chi connectivity index (χ3v) is 9.53. The fourth-order valence-corrected chi connectivity index (χ4v) is 6.98. The predicted octanol–water partition coefficient (Wildman–Crippen LogP) is 5.56. The third kappa shape index (κ3) is 6.39. The van der Waals surface area contributed by atoms with E-state index in [4.69, 9.17) is 14.7 Å². The first-order chi connectivity index (χ1) is 21.4. The van der Waals surface area contributed by atoms with Crippen molar-refractivity contribution in [1.29, 1.82) is 5.26 Å². The molecule has 1 atom stereocenters. The lowest BCUT2D eigenvalue weighted by molar-refractivity contribution is -0.137. The molecule has 1 aliphatic carbocycles. The normalized spacial score (nSPS) is 22.9. The summed E-state index contributed by atoms with van der Waals surface area (Å²) in [6, 6.07) is 6.89. The number of aromatic nitrogens is 2. The number of allylic oxidation sites excluding steroid dienone is 1. The fraction of sp³-hybridized carbons (Fsp3) is 0.594. The summed E-state index contributed by atoms with van der Waals surface area (Å²) in [7, 11) is 0. The average molecular weight is 632 g/mol. The summed E-state index contributed by atoms with van der Waals surface area (Å²) in [5.41, 5.74) is 0.567. The monoisotopic (exact) mass is 631 g/mol. The van der Waals surface area contributed by atoms with Gasteiger partial charge in [-0.05, 0) is 50.9 Å². The number of anilines is 2. The molecule has 0 spiro atoms. The van der Waals surface area contributed by atoms with E-state index in [1.807, 2.05) is 19.2 Å². The molecule has 0 bridgehead atoms. The van der Waals surface area contributed by atoms with Crippen LogP contribution in [0, 0.1) is 18.3 Å². The molecule has 2 aromatic rings. The molecule has 4 heterocycles. The second kappa shape index (κ2) is 11.9. The van der Waals surface area contributed by atoms with Crippen LogP contribution in [0.2, 0.25) is 0 Å². The second-order valence-electron chi connectivity index (χ2n) is 12.6. The molecule has 0 amide bonds. The van der Waals surface area contributed by atoms with E-state index in [1.165, 1.54) is 19.1 Å². The van der Waals surface area contributed by atoms with Crippen molar-refractivity contribution >= 4 is 11.5 Å². The number of piperazine rings is 1. The van der Waals surface area contributed by atoms with Gasteiger partial charge in [-0.1, -0.05) is 18.2 Å². The van der Waals surface area contributed by atoms with Crippen LogP contribution in [-0.2, 0) is 19.1 Å². The molecule has 6 rings (SSSR count). The maximum Gasteiger partial charge on any atom is 0.418 e. The van der Waals surface area contributed by atoms with Crippen molar-refractivity contribution in [3.8, 4) is 12.1 Å². The van der Waals surface area contributed by atoms with Gasteiger partial charge in [0.2, 0.25) is 0 Å². The summed E-state index contributed by atoms with van der Waals surface area (Å²) in [4.78, 5) is 17.3. The average Bonchev–Trinajstić information content (AvgIpc) is 3.70. The van der Waals surface area contributed by atoms with Gasteiger partial charge < -0.3 is 19.4 Å². The Hall–Kier alpha value is -3.66. The van der Waals surface area contributed by atoms with Gasteiger partial charge in [0.05, 0.1) is 48.4 Å². The van der Waals surface area contributed by atoms with Gasteiger partial charge in [-0.2, -0.15) is 28.4 Å². The topological polar surface area (TPSA) is 71.8 Å². The van der Waals surface area contributed by atoms with E-state index >= 15 is 0 Å². The van der Waals surface area contributed by atoms with Gasteiger partial charge in [-0.3, -0.25) is 4.90 Å². The Morgan fingerprint density at radius 2 is 1.89 bits per heavy atom. The van der Waals surface area contributed by atoms with Crippen molar-refractivity contribution in [1.82, 2.24) is 19.8 Å². The fourth-order valence-electron chi connectivity index (χ4n) is 6.98. The van der Waals surface area contributed by atoms with Crippen LogP contribution in [-0.4, -0.2) is 83.1 Å². The summed E-state index contributed by atoms with van der Waals surface area (Å²) >= 11 is 0. The molecule has 8 nitrogen and oxygen atoms in total. The lowest BCUT2D eigenvalue weighted by atomic mass is 10.00. The smallest absolute Gasteiger partial charge is 0.418 e. The van der Waals surface area contributed by atoms with Gasteiger partial charge in [0.1, 0.15) is 12.4 Å². The van der Waals surface area contributed by atoms with E-state index in [0.29, 0.717) is 57.1 Å². The number of ether oxygens (including phenoxy) is 1. The SMILES string of the molecule is CC=CN1CCN(c2nc(OCC3(N4CCC(F)(F)C4)CC3)nc3c2CCN(c2cccc(C)c2C(F)(F)F)C3)C[C@@H]1CC#N. The Morgan fingerprint density at radius 1 is 1.09 bits per heavy atom. The Balaban J connectivity index is 1.32. The molecule has 45 heavy (non-hydrogen) atoms. The van der Waals surface area contributed by atoms with Crippen LogP contribution in [0.3, 0.4) is 0 Å². The quantitative estimate of drug-likeness (QED) is 0.351.